The molecule has 1 aromatic heterocycles. The predicted molar refractivity (Wildman–Crippen MR) is 178 cm³/mol. The van der Waals surface area contributed by atoms with Crippen LogP contribution in [0.25, 0.3) is 0 Å². The van der Waals surface area contributed by atoms with Crippen molar-refractivity contribution in [3.63, 3.8) is 0 Å². The van der Waals surface area contributed by atoms with Crippen molar-refractivity contribution < 1.29 is 19.4 Å². The van der Waals surface area contributed by atoms with Crippen molar-refractivity contribution in [3.05, 3.63) is 98.4 Å². The van der Waals surface area contributed by atoms with Gasteiger partial charge in [-0.2, -0.15) is 0 Å². The average molecular weight is 636 g/mol. The topological polar surface area (TPSA) is 101 Å². The molecule has 4 rings (SSSR count). The van der Waals surface area contributed by atoms with E-state index in [9.17, 15) is 19.5 Å². The number of amides is 1. The second-order valence-electron chi connectivity index (χ2n) is 14.3. The van der Waals surface area contributed by atoms with Gasteiger partial charge in [0.15, 0.2) is 0 Å². The normalized spacial score (nSPS) is 20.5. The predicted octanol–water partition coefficient (Wildman–Crippen LogP) is 6.86. The van der Waals surface area contributed by atoms with E-state index in [1.165, 1.54) is 21.7 Å². The molecule has 2 N–H and O–H groups in total. The Morgan fingerprint density at radius 1 is 1.02 bits per heavy atom. The molecule has 242 valence electrons. The van der Waals surface area contributed by atoms with Gasteiger partial charge in [0.25, 0.3) is 11.5 Å². The molecule has 1 fully saturated rings. The smallest absolute Gasteiger partial charge is 0.326 e. The number of hydrogen-bond acceptors (Lipinski definition) is 5. The number of nitrogens with zero attached hydrogens (tertiary/aromatic N) is 2. The highest BCUT2D eigenvalue weighted by atomic mass is 35.5. The van der Waals surface area contributed by atoms with E-state index in [0.717, 1.165) is 22.4 Å². The van der Waals surface area contributed by atoms with Crippen LogP contribution in [0.1, 0.15) is 94.5 Å². The van der Waals surface area contributed by atoms with Crippen molar-refractivity contribution in [2.24, 2.45) is 11.3 Å². The average Bonchev–Trinajstić information content (AvgIpc) is 3.32. The summed E-state index contributed by atoms with van der Waals surface area (Å²) in [6, 6.07) is 14.5. The van der Waals surface area contributed by atoms with Crippen LogP contribution in [0.2, 0.25) is 5.02 Å². The molecule has 2 aromatic carbocycles. The Balaban J connectivity index is 1.90. The molecule has 1 aliphatic rings. The molecule has 0 radical (unpaired) electrons. The number of likely N-dealkylation sites (tertiary alicyclic amines) is 1. The van der Waals surface area contributed by atoms with Crippen molar-refractivity contribution in [3.8, 4) is 5.75 Å². The van der Waals surface area contributed by atoms with Gasteiger partial charge in [-0.3, -0.25) is 9.59 Å². The first-order chi connectivity index (χ1) is 21.0. The van der Waals surface area contributed by atoms with Crippen molar-refractivity contribution in [1.82, 2.24) is 14.8 Å². The van der Waals surface area contributed by atoms with Gasteiger partial charge >= 0.3 is 5.97 Å². The van der Waals surface area contributed by atoms with E-state index in [1.807, 2.05) is 71.0 Å². The Labute approximate surface area is 271 Å². The van der Waals surface area contributed by atoms with E-state index in [4.69, 9.17) is 16.3 Å². The second-order valence-corrected chi connectivity index (χ2v) is 14.7. The minimum Gasteiger partial charge on any atom is -0.496 e. The van der Waals surface area contributed by atoms with Crippen LogP contribution in [0.4, 0.5) is 0 Å². The van der Waals surface area contributed by atoms with Gasteiger partial charge in [-0.05, 0) is 47.9 Å². The number of carbonyl (C=O) groups is 2. The van der Waals surface area contributed by atoms with Crippen LogP contribution in [-0.4, -0.2) is 45.6 Å². The maximum Gasteiger partial charge on any atom is 0.326 e. The molecule has 8 nitrogen and oxygen atoms in total. The zero-order valence-corrected chi connectivity index (χ0v) is 28.5. The zero-order valence-electron chi connectivity index (χ0n) is 27.7. The fourth-order valence-corrected chi connectivity index (χ4v) is 6.75. The lowest BCUT2D eigenvalue weighted by atomic mass is 9.72. The summed E-state index contributed by atoms with van der Waals surface area (Å²) >= 11 is 6.34. The zero-order chi connectivity index (χ0) is 33.4. The highest BCUT2D eigenvalue weighted by Gasteiger charge is 2.58. The maximum absolute atomic E-state index is 14.6. The minimum atomic E-state index is -1.17. The van der Waals surface area contributed by atoms with Gasteiger partial charge in [-0.1, -0.05) is 95.6 Å². The number of hydrogen-bond donors (Lipinski definition) is 2. The number of carbonyl (C=O) groups excluding carboxylic acids is 1. The summed E-state index contributed by atoms with van der Waals surface area (Å²) in [6.45, 7) is 16.5. The molecule has 1 aliphatic heterocycles. The first kappa shape index (κ1) is 34.3. The summed E-state index contributed by atoms with van der Waals surface area (Å²) in [6.07, 6.45) is 1.48. The van der Waals surface area contributed by atoms with Crippen LogP contribution < -0.4 is 15.6 Å². The van der Waals surface area contributed by atoms with Crippen LogP contribution in [0.5, 0.6) is 5.75 Å². The Hall–Kier alpha value is -3.62. The first-order valence-corrected chi connectivity index (χ1v) is 15.8. The van der Waals surface area contributed by atoms with E-state index in [-0.39, 0.29) is 22.0 Å². The van der Waals surface area contributed by atoms with E-state index in [1.54, 1.807) is 7.11 Å². The maximum atomic E-state index is 14.6. The lowest BCUT2D eigenvalue weighted by molar-refractivity contribution is -0.144. The number of pyridine rings is 1. The molecule has 0 saturated carbocycles. The minimum absolute atomic E-state index is 0.0831. The quantitative estimate of drug-likeness (QED) is 0.280. The summed E-state index contributed by atoms with van der Waals surface area (Å²) in [5, 5.41) is 14.4. The first-order valence-electron chi connectivity index (χ1n) is 15.4. The number of benzene rings is 2. The number of ether oxygens (including phenoxy) is 1. The number of carboxylic acids is 1. The summed E-state index contributed by atoms with van der Waals surface area (Å²) in [7, 11) is 1.64. The van der Waals surface area contributed by atoms with Gasteiger partial charge in [-0.25, -0.2) is 4.79 Å². The molecule has 1 saturated heterocycles. The highest BCUT2D eigenvalue weighted by Crippen LogP contribution is 2.49. The van der Waals surface area contributed by atoms with Gasteiger partial charge < -0.3 is 24.6 Å². The van der Waals surface area contributed by atoms with Crippen molar-refractivity contribution in [2.45, 2.75) is 91.5 Å². The number of methoxy groups -OCH3 is 1. The Bertz CT molecular complexity index is 1600. The van der Waals surface area contributed by atoms with Gasteiger partial charge in [0, 0.05) is 36.3 Å². The third-order valence-electron chi connectivity index (χ3n) is 8.77. The molecule has 0 unspecified atom stereocenters. The fraction of sp³-hybridized carbons (Fsp3) is 0.472. The lowest BCUT2D eigenvalue weighted by Gasteiger charge is -2.35. The van der Waals surface area contributed by atoms with Gasteiger partial charge in [0.1, 0.15) is 16.8 Å². The number of carboxylic acid groups (broad SMARTS) is 1. The molecule has 2 heterocycles. The summed E-state index contributed by atoms with van der Waals surface area (Å²) in [5.74, 6) is -1.36. The molecule has 9 heteroatoms. The fourth-order valence-electron chi connectivity index (χ4n) is 6.53. The molecule has 1 amide bonds. The van der Waals surface area contributed by atoms with Crippen LogP contribution in [0.15, 0.2) is 65.6 Å². The molecule has 0 spiro atoms. The molecular formula is C36H46ClN3O5. The molecular weight excluding hydrogens is 590 g/mol. The van der Waals surface area contributed by atoms with E-state index >= 15 is 0 Å². The Kier molecular flexibility index (Phi) is 9.90. The lowest BCUT2D eigenvalue weighted by Crippen LogP contribution is -2.48. The van der Waals surface area contributed by atoms with Crippen LogP contribution in [0.3, 0.4) is 0 Å². The van der Waals surface area contributed by atoms with E-state index in [0.29, 0.717) is 6.54 Å². The van der Waals surface area contributed by atoms with Crippen molar-refractivity contribution in [1.29, 1.82) is 0 Å². The third kappa shape index (κ3) is 6.97. The monoisotopic (exact) mass is 635 g/mol. The third-order valence-corrected chi connectivity index (χ3v) is 9.04. The molecule has 4 atom stereocenters. The highest BCUT2D eigenvalue weighted by molar-refractivity contribution is 6.30. The van der Waals surface area contributed by atoms with Crippen LogP contribution in [-0.2, 0) is 16.8 Å². The van der Waals surface area contributed by atoms with E-state index < -0.39 is 46.9 Å². The largest absolute Gasteiger partial charge is 0.496 e. The molecule has 45 heavy (non-hydrogen) atoms. The van der Waals surface area contributed by atoms with Gasteiger partial charge in [0.05, 0.1) is 18.7 Å². The van der Waals surface area contributed by atoms with Crippen molar-refractivity contribution >= 4 is 23.5 Å². The summed E-state index contributed by atoms with van der Waals surface area (Å²) in [5.41, 5.74) is 2.05. The van der Waals surface area contributed by atoms with Gasteiger partial charge in [-0.15, -0.1) is 0 Å². The molecule has 0 aliphatic carbocycles. The molecule has 0 bridgehead atoms. The second kappa shape index (κ2) is 13.0. The molecule has 3 aromatic rings. The van der Waals surface area contributed by atoms with Gasteiger partial charge in [0.2, 0.25) is 0 Å². The number of rotatable bonds is 8. The van der Waals surface area contributed by atoms with Crippen molar-refractivity contribution in [2.75, 3.05) is 7.11 Å². The summed E-state index contributed by atoms with van der Waals surface area (Å²) in [4.78, 5) is 42.0. The van der Waals surface area contributed by atoms with Crippen LogP contribution in [0, 0.1) is 11.3 Å². The standard InChI is InChI=1S/C36H46ClN3O5/c1-21(2)39-20-24(18-26(37)33(39)42)32(41)40-30(22-13-11-10-12-14-22)29(28(36(6,7)8)31(40)34(43)44)38-19-23-17-25(35(3,4)5)15-16-27(23)45-9/h10-18,20-21,28-31,38H,19H2,1-9H3,(H,43,44)/t28-,29-,30-,31-/m0/s1. The number of aromatic nitrogens is 1. The number of aliphatic carboxylic acids is 1. The number of nitrogens with one attached hydrogen (secondary N) is 1. The SMILES string of the molecule is COc1ccc(C(C)(C)C)cc1CN[C@H]1[C@H](C(C)(C)C)[C@@H](C(=O)O)N(C(=O)c2cc(Cl)c(=O)n(C(C)C)c2)[C@H]1c1ccccc1. The van der Waals surface area contributed by atoms with Crippen LogP contribution >= 0.6 is 11.6 Å². The number of halogens is 1. The Morgan fingerprint density at radius 3 is 2.20 bits per heavy atom. The summed E-state index contributed by atoms with van der Waals surface area (Å²) < 4.78 is 7.13. The Morgan fingerprint density at radius 2 is 1.67 bits per heavy atom. The van der Waals surface area contributed by atoms with E-state index in [2.05, 4.69) is 38.2 Å².